The van der Waals surface area contributed by atoms with Gasteiger partial charge in [0.1, 0.15) is 0 Å². The monoisotopic (exact) mass is 256 g/mol. The van der Waals surface area contributed by atoms with Gasteiger partial charge >= 0.3 is 5.97 Å². The Morgan fingerprint density at radius 3 is 1.68 bits per heavy atom. The molecule has 0 aromatic heterocycles. The molecule has 2 rings (SSSR count). The van der Waals surface area contributed by atoms with E-state index in [1.807, 2.05) is 25.1 Å². The van der Waals surface area contributed by atoms with Gasteiger partial charge in [-0.25, -0.2) is 4.79 Å². The zero-order valence-corrected chi connectivity index (χ0v) is 11.5. The first kappa shape index (κ1) is 15.0. The summed E-state index contributed by atoms with van der Waals surface area (Å²) in [5.74, 6) is -0.868. The summed E-state index contributed by atoms with van der Waals surface area (Å²) in [5.41, 5.74) is 2.92. The second-order valence-corrected chi connectivity index (χ2v) is 4.19. The Bertz CT molecular complexity index is 486. The number of hydrogen-bond donors (Lipinski definition) is 1. The van der Waals surface area contributed by atoms with Gasteiger partial charge in [-0.1, -0.05) is 56.3 Å². The number of carbonyl (C=O) groups is 1. The van der Waals surface area contributed by atoms with Gasteiger partial charge < -0.3 is 5.11 Å². The first-order chi connectivity index (χ1) is 9.17. The lowest BCUT2D eigenvalue weighted by atomic mass is 10.1. The average Bonchev–Trinajstić information content (AvgIpc) is 2.48. The van der Waals surface area contributed by atoms with Crippen molar-refractivity contribution in [3.05, 3.63) is 71.3 Å². The van der Waals surface area contributed by atoms with Crippen LogP contribution in [0.1, 0.15) is 35.3 Å². The number of carboxylic acids is 1. The Hall–Kier alpha value is -2.09. The summed E-state index contributed by atoms with van der Waals surface area (Å²) in [6, 6.07) is 17.4. The Kier molecular flexibility index (Phi) is 6.37. The van der Waals surface area contributed by atoms with Gasteiger partial charge in [-0.05, 0) is 36.1 Å². The number of rotatable bonds is 3. The second kappa shape index (κ2) is 8.09. The molecule has 2 aromatic rings. The fraction of sp³-hybridized carbons (Fsp3) is 0.235. The van der Waals surface area contributed by atoms with Crippen molar-refractivity contribution in [1.29, 1.82) is 0 Å². The molecule has 0 aliphatic heterocycles. The normalized spacial score (nSPS) is 9.37. The maximum atomic E-state index is 10.4. The minimum atomic E-state index is -0.868. The Labute approximate surface area is 114 Å². The molecular formula is C17H20O2. The third-order valence-corrected chi connectivity index (χ3v) is 2.86. The standard InChI is InChI=1S/C9H10O2.C8H10/c1-2-7-3-5-8(6-4-7)9(10)11;1-2-8-6-4-3-5-7-8/h3-6H,2H2,1H3,(H,10,11);3-7H,2H2,1H3. The van der Waals surface area contributed by atoms with E-state index < -0.39 is 5.97 Å². The second-order valence-electron chi connectivity index (χ2n) is 4.19. The molecule has 2 heteroatoms. The lowest BCUT2D eigenvalue weighted by molar-refractivity contribution is 0.0697. The first-order valence-electron chi connectivity index (χ1n) is 6.53. The highest BCUT2D eigenvalue weighted by Crippen LogP contribution is 2.04. The topological polar surface area (TPSA) is 37.3 Å². The van der Waals surface area contributed by atoms with E-state index in [4.69, 9.17) is 5.11 Å². The van der Waals surface area contributed by atoms with Gasteiger partial charge in [0.05, 0.1) is 5.56 Å². The molecule has 0 saturated carbocycles. The van der Waals surface area contributed by atoms with Crippen molar-refractivity contribution in [3.8, 4) is 0 Å². The van der Waals surface area contributed by atoms with E-state index in [0.29, 0.717) is 5.56 Å². The molecule has 2 aromatic carbocycles. The summed E-state index contributed by atoms with van der Waals surface area (Å²) in [6.07, 6.45) is 2.08. The minimum Gasteiger partial charge on any atom is -0.478 e. The summed E-state index contributed by atoms with van der Waals surface area (Å²) in [7, 11) is 0. The number of aryl methyl sites for hydroxylation is 2. The SMILES string of the molecule is CCc1ccc(C(=O)O)cc1.CCc1ccccc1. The first-order valence-corrected chi connectivity index (χ1v) is 6.53. The van der Waals surface area contributed by atoms with Crippen LogP contribution in [0.2, 0.25) is 0 Å². The van der Waals surface area contributed by atoms with E-state index in [0.717, 1.165) is 18.4 Å². The number of benzene rings is 2. The predicted octanol–water partition coefficient (Wildman–Crippen LogP) is 4.20. The summed E-state index contributed by atoms with van der Waals surface area (Å²) in [5, 5.41) is 8.55. The number of hydrogen-bond acceptors (Lipinski definition) is 1. The largest absolute Gasteiger partial charge is 0.478 e. The van der Waals surface area contributed by atoms with E-state index >= 15 is 0 Å². The zero-order chi connectivity index (χ0) is 14.1. The van der Waals surface area contributed by atoms with Crippen LogP contribution in [0.4, 0.5) is 0 Å². The van der Waals surface area contributed by atoms with E-state index in [1.165, 1.54) is 5.56 Å². The molecule has 2 nitrogen and oxygen atoms in total. The van der Waals surface area contributed by atoms with Gasteiger partial charge in [0, 0.05) is 0 Å². The van der Waals surface area contributed by atoms with E-state index in [9.17, 15) is 4.79 Å². The van der Waals surface area contributed by atoms with Crippen molar-refractivity contribution in [1.82, 2.24) is 0 Å². The van der Waals surface area contributed by atoms with E-state index in [2.05, 4.69) is 31.2 Å². The van der Waals surface area contributed by atoms with Gasteiger partial charge in [0.15, 0.2) is 0 Å². The molecule has 0 radical (unpaired) electrons. The smallest absolute Gasteiger partial charge is 0.335 e. The van der Waals surface area contributed by atoms with Crippen LogP contribution in [0.25, 0.3) is 0 Å². The molecule has 0 atom stereocenters. The van der Waals surface area contributed by atoms with Crippen molar-refractivity contribution < 1.29 is 9.90 Å². The highest BCUT2D eigenvalue weighted by Gasteiger charge is 1.99. The molecule has 0 fully saturated rings. The molecule has 0 saturated heterocycles. The van der Waals surface area contributed by atoms with Crippen LogP contribution < -0.4 is 0 Å². The molecular weight excluding hydrogens is 236 g/mol. The van der Waals surface area contributed by atoms with Gasteiger partial charge in [-0.3, -0.25) is 0 Å². The lowest BCUT2D eigenvalue weighted by Gasteiger charge is -1.96. The quantitative estimate of drug-likeness (QED) is 0.893. The van der Waals surface area contributed by atoms with Crippen LogP contribution in [0.15, 0.2) is 54.6 Å². The van der Waals surface area contributed by atoms with Gasteiger partial charge in [0.25, 0.3) is 0 Å². The third-order valence-electron chi connectivity index (χ3n) is 2.86. The Balaban J connectivity index is 0.000000200. The van der Waals surface area contributed by atoms with Crippen LogP contribution in [0, 0.1) is 0 Å². The van der Waals surface area contributed by atoms with Crippen molar-refractivity contribution in [2.75, 3.05) is 0 Å². The van der Waals surface area contributed by atoms with Crippen molar-refractivity contribution in [2.45, 2.75) is 26.7 Å². The van der Waals surface area contributed by atoms with Crippen LogP contribution in [0.3, 0.4) is 0 Å². The van der Waals surface area contributed by atoms with Crippen LogP contribution in [0.5, 0.6) is 0 Å². The third kappa shape index (κ3) is 5.38. The molecule has 0 bridgehead atoms. The van der Waals surface area contributed by atoms with Crippen molar-refractivity contribution in [2.24, 2.45) is 0 Å². The molecule has 19 heavy (non-hydrogen) atoms. The molecule has 0 aliphatic rings. The van der Waals surface area contributed by atoms with E-state index in [1.54, 1.807) is 12.1 Å². The van der Waals surface area contributed by atoms with Crippen LogP contribution >= 0.6 is 0 Å². The van der Waals surface area contributed by atoms with Crippen molar-refractivity contribution in [3.63, 3.8) is 0 Å². The van der Waals surface area contributed by atoms with Crippen LogP contribution in [-0.2, 0) is 12.8 Å². The van der Waals surface area contributed by atoms with Crippen LogP contribution in [-0.4, -0.2) is 11.1 Å². The molecule has 0 aliphatic carbocycles. The molecule has 1 N–H and O–H groups in total. The molecule has 0 heterocycles. The molecule has 0 amide bonds. The average molecular weight is 256 g/mol. The molecule has 0 unspecified atom stereocenters. The minimum absolute atomic E-state index is 0.349. The number of aromatic carboxylic acids is 1. The molecule has 0 spiro atoms. The maximum absolute atomic E-state index is 10.4. The highest BCUT2D eigenvalue weighted by atomic mass is 16.4. The van der Waals surface area contributed by atoms with Crippen molar-refractivity contribution >= 4 is 5.97 Å². The summed E-state index contributed by atoms with van der Waals surface area (Å²) in [4.78, 5) is 10.4. The fourth-order valence-corrected chi connectivity index (χ4v) is 1.60. The van der Waals surface area contributed by atoms with E-state index in [-0.39, 0.29) is 0 Å². The predicted molar refractivity (Wildman–Crippen MR) is 78.6 cm³/mol. The summed E-state index contributed by atoms with van der Waals surface area (Å²) in [6.45, 7) is 4.20. The zero-order valence-electron chi connectivity index (χ0n) is 11.5. The Morgan fingerprint density at radius 1 is 0.842 bits per heavy atom. The van der Waals surface area contributed by atoms with Gasteiger partial charge in [-0.2, -0.15) is 0 Å². The maximum Gasteiger partial charge on any atom is 0.335 e. The van der Waals surface area contributed by atoms with Gasteiger partial charge in [0.2, 0.25) is 0 Å². The summed E-state index contributed by atoms with van der Waals surface area (Å²) >= 11 is 0. The molecule has 100 valence electrons. The highest BCUT2D eigenvalue weighted by molar-refractivity contribution is 5.87. The summed E-state index contributed by atoms with van der Waals surface area (Å²) < 4.78 is 0. The van der Waals surface area contributed by atoms with Gasteiger partial charge in [-0.15, -0.1) is 0 Å². The Morgan fingerprint density at radius 2 is 1.32 bits per heavy atom. The lowest BCUT2D eigenvalue weighted by Crippen LogP contribution is -1.95. The fourth-order valence-electron chi connectivity index (χ4n) is 1.60. The number of carboxylic acid groups (broad SMARTS) is 1.